The smallest absolute Gasteiger partial charge is 0.137 e. The van der Waals surface area contributed by atoms with Crippen LogP contribution in [0.15, 0.2) is 18.2 Å². The van der Waals surface area contributed by atoms with Crippen molar-refractivity contribution in [3.63, 3.8) is 0 Å². The van der Waals surface area contributed by atoms with E-state index in [1.54, 1.807) is 0 Å². The van der Waals surface area contributed by atoms with Crippen molar-refractivity contribution in [1.29, 1.82) is 0 Å². The number of hydrogen-bond donors (Lipinski definition) is 2. The van der Waals surface area contributed by atoms with E-state index in [0.29, 0.717) is 24.2 Å². The Morgan fingerprint density at radius 3 is 2.76 bits per heavy atom. The fourth-order valence-electron chi connectivity index (χ4n) is 2.74. The molecule has 1 aromatic carbocycles. The Morgan fingerprint density at radius 2 is 2.14 bits per heavy atom. The first-order valence-corrected chi connectivity index (χ1v) is 8.08. The second-order valence-corrected chi connectivity index (χ2v) is 5.83. The maximum Gasteiger partial charge on any atom is 0.137 e. The van der Waals surface area contributed by atoms with Crippen LogP contribution >= 0.6 is 11.6 Å². The van der Waals surface area contributed by atoms with E-state index in [4.69, 9.17) is 21.4 Å². The lowest BCUT2D eigenvalue weighted by molar-refractivity contribution is 0.184. The molecule has 1 aromatic rings. The maximum atomic E-state index is 8.83. The van der Waals surface area contributed by atoms with Gasteiger partial charge in [0.15, 0.2) is 0 Å². The van der Waals surface area contributed by atoms with E-state index in [2.05, 4.69) is 16.3 Å². The predicted octanol–water partition coefficient (Wildman–Crippen LogP) is 2.29. The van der Waals surface area contributed by atoms with Gasteiger partial charge in [0.25, 0.3) is 0 Å². The van der Waals surface area contributed by atoms with E-state index >= 15 is 0 Å². The Hall–Kier alpha value is -0.810. The summed E-state index contributed by atoms with van der Waals surface area (Å²) in [5.41, 5.74) is 1.23. The molecule has 0 aliphatic carbocycles. The molecule has 0 spiro atoms. The van der Waals surface area contributed by atoms with Gasteiger partial charge in [-0.25, -0.2) is 0 Å². The van der Waals surface area contributed by atoms with Gasteiger partial charge in [0, 0.05) is 19.1 Å². The van der Waals surface area contributed by atoms with Crippen LogP contribution in [0, 0.1) is 0 Å². The molecular weight excluding hydrogens is 288 g/mol. The second-order valence-electron chi connectivity index (χ2n) is 5.43. The number of nitrogens with one attached hydrogen (secondary N) is 1. The molecule has 1 fully saturated rings. The minimum absolute atomic E-state index is 0.213. The third-order valence-corrected chi connectivity index (χ3v) is 4.13. The topological polar surface area (TPSA) is 44.7 Å². The third kappa shape index (κ3) is 5.15. The molecule has 0 aromatic heterocycles. The summed E-state index contributed by atoms with van der Waals surface area (Å²) in [5.74, 6) is 0.759. The summed E-state index contributed by atoms with van der Waals surface area (Å²) < 4.78 is 5.46. The molecule has 118 valence electrons. The number of halogens is 1. The molecule has 0 amide bonds. The molecule has 1 aliphatic rings. The van der Waals surface area contributed by atoms with Crippen LogP contribution in [0.1, 0.15) is 25.3 Å². The molecule has 4 nitrogen and oxygen atoms in total. The van der Waals surface area contributed by atoms with E-state index < -0.39 is 0 Å². The Bertz CT molecular complexity index is 434. The van der Waals surface area contributed by atoms with Gasteiger partial charge >= 0.3 is 0 Å². The van der Waals surface area contributed by atoms with Crippen molar-refractivity contribution in [2.45, 2.75) is 32.4 Å². The average Bonchev–Trinajstić information content (AvgIpc) is 2.49. The molecule has 5 heteroatoms. The van der Waals surface area contributed by atoms with Crippen LogP contribution < -0.4 is 10.1 Å². The molecule has 0 atom stereocenters. The maximum absolute atomic E-state index is 8.83. The van der Waals surface area contributed by atoms with E-state index in [9.17, 15) is 0 Å². The van der Waals surface area contributed by atoms with Crippen LogP contribution in [-0.2, 0) is 6.54 Å². The Kier molecular flexibility index (Phi) is 6.77. The number of hydrogen-bond acceptors (Lipinski definition) is 4. The molecule has 1 saturated heterocycles. The lowest BCUT2D eigenvalue weighted by Crippen LogP contribution is -2.42. The van der Waals surface area contributed by atoms with Gasteiger partial charge in [-0.1, -0.05) is 17.7 Å². The van der Waals surface area contributed by atoms with Gasteiger partial charge in [-0.2, -0.15) is 0 Å². The zero-order valence-electron chi connectivity index (χ0n) is 12.6. The highest BCUT2D eigenvalue weighted by Gasteiger charge is 2.18. The summed E-state index contributed by atoms with van der Waals surface area (Å²) >= 11 is 6.23. The third-order valence-electron chi connectivity index (χ3n) is 3.83. The molecule has 1 heterocycles. The van der Waals surface area contributed by atoms with Crippen molar-refractivity contribution in [1.82, 2.24) is 10.2 Å². The van der Waals surface area contributed by atoms with Crippen molar-refractivity contribution in [2.75, 3.05) is 32.8 Å². The van der Waals surface area contributed by atoms with E-state index in [1.807, 2.05) is 19.1 Å². The quantitative estimate of drug-likeness (QED) is 0.811. The van der Waals surface area contributed by atoms with Crippen LogP contribution in [0.5, 0.6) is 5.75 Å². The molecule has 2 N–H and O–H groups in total. The van der Waals surface area contributed by atoms with E-state index in [-0.39, 0.29) is 6.61 Å². The van der Waals surface area contributed by atoms with Crippen molar-refractivity contribution < 1.29 is 9.84 Å². The van der Waals surface area contributed by atoms with Crippen molar-refractivity contribution in [3.8, 4) is 5.75 Å². The number of aliphatic hydroxyl groups is 1. The highest BCUT2D eigenvalue weighted by atomic mass is 35.5. The fourth-order valence-corrected chi connectivity index (χ4v) is 3.00. The number of nitrogens with zero attached hydrogens (tertiary/aromatic N) is 1. The monoisotopic (exact) mass is 312 g/mol. The second kappa shape index (κ2) is 8.59. The summed E-state index contributed by atoms with van der Waals surface area (Å²) in [5, 5.41) is 12.9. The first kappa shape index (κ1) is 16.6. The number of aliphatic hydroxyl groups excluding tert-OH is 1. The number of piperidine rings is 1. The van der Waals surface area contributed by atoms with Crippen molar-refractivity contribution in [2.24, 2.45) is 0 Å². The predicted molar refractivity (Wildman–Crippen MR) is 86.0 cm³/mol. The van der Waals surface area contributed by atoms with Gasteiger partial charge in [-0.15, -0.1) is 0 Å². The molecule has 0 saturated carbocycles. The average molecular weight is 313 g/mol. The molecular formula is C16H25ClN2O2. The Labute approximate surface area is 132 Å². The highest BCUT2D eigenvalue weighted by molar-refractivity contribution is 6.32. The fraction of sp³-hybridized carbons (Fsp3) is 0.625. The number of rotatable bonds is 7. The summed E-state index contributed by atoms with van der Waals surface area (Å²) in [6.07, 6.45) is 2.26. The summed E-state index contributed by atoms with van der Waals surface area (Å²) in [7, 11) is 0. The van der Waals surface area contributed by atoms with E-state index in [1.165, 1.54) is 5.56 Å². The summed E-state index contributed by atoms with van der Waals surface area (Å²) in [4.78, 5) is 2.45. The molecule has 0 radical (unpaired) electrons. The largest absolute Gasteiger partial charge is 0.492 e. The normalized spacial score (nSPS) is 17.1. The minimum Gasteiger partial charge on any atom is -0.492 e. The van der Waals surface area contributed by atoms with Crippen LogP contribution in [0.2, 0.25) is 5.02 Å². The Morgan fingerprint density at radius 1 is 1.38 bits per heavy atom. The van der Waals surface area contributed by atoms with Gasteiger partial charge in [-0.3, -0.25) is 4.90 Å². The first-order chi connectivity index (χ1) is 10.2. The number of likely N-dealkylation sites (tertiary alicyclic amines) is 1. The zero-order chi connectivity index (χ0) is 15.1. The summed E-state index contributed by atoms with van der Waals surface area (Å²) in [6, 6.07) is 6.59. The molecule has 21 heavy (non-hydrogen) atoms. The van der Waals surface area contributed by atoms with Crippen LogP contribution in [0.3, 0.4) is 0 Å². The van der Waals surface area contributed by atoms with Gasteiger partial charge < -0.3 is 15.2 Å². The number of benzene rings is 1. The van der Waals surface area contributed by atoms with Gasteiger partial charge in [-0.05, 0) is 50.6 Å². The van der Waals surface area contributed by atoms with Crippen LogP contribution in [-0.4, -0.2) is 48.9 Å². The lowest BCUT2D eigenvalue weighted by atomic mass is 10.0. The highest BCUT2D eigenvalue weighted by Crippen LogP contribution is 2.26. The standard InChI is InChI=1S/C16H25ClN2O2/c1-2-21-16-4-3-13(11-15(16)17)12-19-8-5-14(6-9-19)18-7-10-20/h3-4,11,14,18,20H,2,5-10,12H2,1H3. The Balaban J connectivity index is 1.82. The van der Waals surface area contributed by atoms with Gasteiger partial charge in [0.1, 0.15) is 5.75 Å². The van der Waals surface area contributed by atoms with Crippen LogP contribution in [0.4, 0.5) is 0 Å². The van der Waals surface area contributed by atoms with Crippen molar-refractivity contribution >= 4 is 11.6 Å². The zero-order valence-corrected chi connectivity index (χ0v) is 13.4. The summed E-state index contributed by atoms with van der Waals surface area (Å²) in [6.45, 7) is 6.58. The van der Waals surface area contributed by atoms with Crippen LogP contribution in [0.25, 0.3) is 0 Å². The number of ether oxygens (including phenoxy) is 1. The lowest BCUT2D eigenvalue weighted by Gasteiger charge is -2.32. The van der Waals surface area contributed by atoms with Gasteiger partial charge in [0.05, 0.1) is 18.2 Å². The molecule has 1 aliphatic heterocycles. The molecule has 0 unspecified atom stereocenters. The van der Waals surface area contributed by atoms with E-state index in [0.717, 1.165) is 38.2 Å². The SMILES string of the molecule is CCOc1ccc(CN2CCC(NCCO)CC2)cc1Cl. The molecule has 0 bridgehead atoms. The molecule has 2 rings (SSSR count). The van der Waals surface area contributed by atoms with Crippen molar-refractivity contribution in [3.05, 3.63) is 28.8 Å². The first-order valence-electron chi connectivity index (χ1n) is 7.70. The minimum atomic E-state index is 0.213. The van der Waals surface area contributed by atoms with Gasteiger partial charge in [0.2, 0.25) is 0 Å².